The average Bonchev–Trinajstić information content (AvgIpc) is 3.02. The molecule has 2 unspecified atom stereocenters. The zero-order valence-electron chi connectivity index (χ0n) is 11.2. The van der Waals surface area contributed by atoms with Gasteiger partial charge in [0.05, 0.1) is 10.7 Å². The lowest BCUT2D eigenvalue weighted by molar-refractivity contribution is 0.485. The Morgan fingerprint density at radius 1 is 1.42 bits per heavy atom. The quantitative estimate of drug-likeness (QED) is 0.933. The summed E-state index contributed by atoms with van der Waals surface area (Å²) in [7, 11) is 2.06. The molecule has 4 heteroatoms. The molecular formula is C15H18N2S2. The number of aryl methyl sites for hydroxylation is 1. The molecular weight excluding hydrogens is 272 g/mol. The standard InChI is InChI=1S/C15H18N2S2/c1-10-17-11(8-18-10)7-14(16-2)13-9-19-15-6-4-3-5-12(13)15/h3-6,8,13-14,16H,7,9H2,1-2H3. The highest BCUT2D eigenvalue weighted by molar-refractivity contribution is 7.99. The molecule has 1 N–H and O–H groups in total. The minimum Gasteiger partial charge on any atom is -0.316 e. The van der Waals surface area contributed by atoms with Crippen LogP contribution in [0.25, 0.3) is 0 Å². The van der Waals surface area contributed by atoms with E-state index >= 15 is 0 Å². The van der Waals surface area contributed by atoms with E-state index in [1.165, 1.54) is 21.9 Å². The molecule has 0 bridgehead atoms. The van der Waals surface area contributed by atoms with Crippen molar-refractivity contribution in [2.45, 2.75) is 30.2 Å². The maximum Gasteiger partial charge on any atom is 0.0897 e. The van der Waals surface area contributed by atoms with E-state index < -0.39 is 0 Å². The summed E-state index contributed by atoms with van der Waals surface area (Å²) in [6.07, 6.45) is 1.01. The Balaban J connectivity index is 1.80. The van der Waals surface area contributed by atoms with Crippen molar-refractivity contribution < 1.29 is 0 Å². The third-order valence-electron chi connectivity index (χ3n) is 3.69. The van der Waals surface area contributed by atoms with Gasteiger partial charge in [0, 0.05) is 34.4 Å². The molecule has 2 atom stereocenters. The zero-order chi connectivity index (χ0) is 13.2. The molecule has 2 nitrogen and oxygen atoms in total. The first-order valence-corrected chi connectivity index (χ1v) is 8.44. The number of thioether (sulfide) groups is 1. The van der Waals surface area contributed by atoms with Gasteiger partial charge < -0.3 is 5.32 Å². The van der Waals surface area contributed by atoms with E-state index in [0.29, 0.717) is 12.0 Å². The van der Waals surface area contributed by atoms with E-state index in [1.54, 1.807) is 11.3 Å². The van der Waals surface area contributed by atoms with Crippen LogP contribution in [0, 0.1) is 6.92 Å². The fourth-order valence-corrected chi connectivity index (χ4v) is 4.65. The molecule has 0 fully saturated rings. The van der Waals surface area contributed by atoms with Crippen LogP contribution >= 0.6 is 23.1 Å². The summed E-state index contributed by atoms with van der Waals surface area (Å²) in [5.41, 5.74) is 2.72. The van der Waals surface area contributed by atoms with Crippen molar-refractivity contribution in [3.05, 3.63) is 45.9 Å². The van der Waals surface area contributed by atoms with Gasteiger partial charge in [0.1, 0.15) is 0 Å². The van der Waals surface area contributed by atoms with E-state index in [2.05, 4.69) is 53.9 Å². The van der Waals surface area contributed by atoms with Gasteiger partial charge in [-0.25, -0.2) is 4.98 Å². The lowest BCUT2D eigenvalue weighted by Crippen LogP contribution is -2.34. The number of thiazole rings is 1. The molecule has 2 heterocycles. The lowest BCUT2D eigenvalue weighted by atomic mass is 9.91. The molecule has 1 aliphatic rings. The van der Waals surface area contributed by atoms with Crippen LogP contribution in [0.5, 0.6) is 0 Å². The van der Waals surface area contributed by atoms with Crippen molar-refractivity contribution in [2.24, 2.45) is 0 Å². The lowest BCUT2D eigenvalue weighted by Gasteiger charge is -2.22. The summed E-state index contributed by atoms with van der Waals surface area (Å²) in [5.74, 6) is 1.77. The first-order chi connectivity index (χ1) is 9.28. The molecule has 19 heavy (non-hydrogen) atoms. The van der Waals surface area contributed by atoms with Crippen LogP contribution in [-0.4, -0.2) is 23.8 Å². The number of nitrogens with one attached hydrogen (secondary N) is 1. The number of aromatic nitrogens is 1. The van der Waals surface area contributed by atoms with Crippen molar-refractivity contribution in [3.63, 3.8) is 0 Å². The summed E-state index contributed by atoms with van der Waals surface area (Å²) < 4.78 is 0. The van der Waals surface area contributed by atoms with E-state index in [0.717, 1.165) is 11.4 Å². The fraction of sp³-hybridized carbons (Fsp3) is 0.400. The van der Waals surface area contributed by atoms with E-state index in [1.807, 2.05) is 11.8 Å². The molecule has 100 valence electrons. The molecule has 0 aliphatic carbocycles. The maximum absolute atomic E-state index is 4.60. The van der Waals surface area contributed by atoms with Gasteiger partial charge in [0.25, 0.3) is 0 Å². The van der Waals surface area contributed by atoms with Gasteiger partial charge in [-0.1, -0.05) is 18.2 Å². The minimum absolute atomic E-state index is 0.470. The second-order valence-electron chi connectivity index (χ2n) is 4.91. The van der Waals surface area contributed by atoms with Crippen LogP contribution in [-0.2, 0) is 6.42 Å². The first-order valence-electron chi connectivity index (χ1n) is 6.58. The Hall–Kier alpha value is -0.840. The number of benzene rings is 1. The Labute approximate surface area is 122 Å². The van der Waals surface area contributed by atoms with Gasteiger partial charge in [0.2, 0.25) is 0 Å². The maximum atomic E-state index is 4.60. The molecule has 1 aromatic carbocycles. The Morgan fingerprint density at radius 3 is 3.00 bits per heavy atom. The van der Waals surface area contributed by atoms with Crippen LogP contribution < -0.4 is 5.32 Å². The molecule has 0 saturated carbocycles. The summed E-state index contributed by atoms with van der Waals surface area (Å²) in [6.45, 7) is 2.07. The number of hydrogen-bond donors (Lipinski definition) is 1. The normalized spacial score (nSPS) is 19.4. The largest absolute Gasteiger partial charge is 0.316 e. The molecule has 2 aromatic rings. The summed E-state index contributed by atoms with van der Waals surface area (Å²) in [6, 6.07) is 9.26. The van der Waals surface area contributed by atoms with E-state index in [4.69, 9.17) is 0 Å². The third-order valence-corrected chi connectivity index (χ3v) is 5.72. The second-order valence-corrected chi connectivity index (χ2v) is 7.04. The van der Waals surface area contributed by atoms with Crippen LogP contribution in [0.3, 0.4) is 0 Å². The first kappa shape index (κ1) is 13.2. The van der Waals surface area contributed by atoms with Crippen molar-refractivity contribution in [1.29, 1.82) is 0 Å². The number of rotatable bonds is 4. The van der Waals surface area contributed by atoms with Gasteiger partial charge in [-0.15, -0.1) is 23.1 Å². The van der Waals surface area contributed by atoms with Gasteiger partial charge in [-0.2, -0.15) is 0 Å². The Kier molecular flexibility index (Phi) is 3.91. The topological polar surface area (TPSA) is 24.9 Å². The Morgan fingerprint density at radius 2 is 2.26 bits per heavy atom. The average molecular weight is 290 g/mol. The molecule has 0 amide bonds. The highest BCUT2D eigenvalue weighted by Gasteiger charge is 2.29. The van der Waals surface area contributed by atoms with Gasteiger partial charge in [0.15, 0.2) is 0 Å². The minimum atomic E-state index is 0.470. The van der Waals surface area contributed by atoms with Crippen LogP contribution in [0.4, 0.5) is 0 Å². The second kappa shape index (κ2) is 5.65. The van der Waals surface area contributed by atoms with Crippen LogP contribution in [0.2, 0.25) is 0 Å². The molecule has 1 aromatic heterocycles. The summed E-state index contributed by atoms with van der Waals surface area (Å²) >= 11 is 3.72. The number of likely N-dealkylation sites (N-methyl/N-ethyl adjacent to an activating group) is 1. The van der Waals surface area contributed by atoms with Gasteiger partial charge in [-0.05, 0) is 25.6 Å². The summed E-state index contributed by atoms with van der Waals surface area (Å²) in [4.78, 5) is 6.04. The van der Waals surface area contributed by atoms with Crippen molar-refractivity contribution in [1.82, 2.24) is 10.3 Å². The third kappa shape index (κ3) is 2.71. The molecule has 0 spiro atoms. The van der Waals surface area contributed by atoms with Gasteiger partial charge >= 0.3 is 0 Å². The van der Waals surface area contributed by atoms with E-state index in [-0.39, 0.29) is 0 Å². The highest BCUT2D eigenvalue weighted by atomic mass is 32.2. The van der Waals surface area contributed by atoms with Crippen molar-refractivity contribution in [3.8, 4) is 0 Å². The van der Waals surface area contributed by atoms with E-state index in [9.17, 15) is 0 Å². The number of hydrogen-bond acceptors (Lipinski definition) is 4. The Bertz CT molecular complexity index is 565. The molecule has 0 radical (unpaired) electrons. The smallest absolute Gasteiger partial charge is 0.0897 e. The van der Waals surface area contributed by atoms with Crippen LogP contribution in [0.1, 0.15) is 22.2 Å². The zero-order valence-corrected chi connectivity index (χ0v) is 12.9. The summed E-state index contributed by atoms with van der Waals surface area (Å²) in [5, 5.41) is 6.84. The number of nitrogens with zero attached hydrogens (tertiary/aromatic N) is 1. The molecule has 0 saturated heterocycles. The predicted octanol–water partition coefficient (Wildman–Crippen LogP) is 3.47. The predicted molar refractivity (Wildman–Crippen MR) is 83.3 cm³/mol. The van der Waals surface area contributed by atoms with Crippen molar-refractivity contribution >= 4 is 23.1 Å². The van der Waals surface area contributed by atoms with Crippen LogP contribution in [0.15, 0.2) is 34.5 Å². The fourth-order valence-electron chi connectivity index (χ4n) is 2.69. The SMILES string of the molecule is CNC(Cc1csc(C)n1)C1CSc2ccccc21. The monoisotopic (exact) mass is 290 g/mol. The highest BCUT2D eigenvalue weighted by Crippen LogP contribution is 2.41. The number of fused-ring (bicyclic) bond motifs is 1. The molecule has 1 aliphatic heterocycles. The molecule has 3 rings (SSSR count). The van der Waals surface area contributed by atoms with Crippen molar-refractivity contribution in [2.75, 3.05) is 12.8 Å². The van der Waals surface area contributed by atoms with Gasteiger partial charge in [-0.3, -0.25) is 0 Å².